The molecule has 2 aliphatic carbocycles. The van der Waals surface area contributed by atoms with Crippen LogP contribution in [0.15, 0.2) is 73.3 Å². The maximum atomic E-state index is 14.9. The van der Waals surface area contributed by atoms with E-state index in [9.17, 15) is 32.4 Å². The van der Waals surface area contributed by atoms with Crippen molar-refractivity contribution in [3.05, 3.63) is 78.9 Å². The van der Waals surface area contributed by atoms with Crippen molar-refractivity contribution in [2.75, 3.05) is 19.6 Å². The smallest absolute Gasteiger partial charge is 0.259 e. The maximum Gasteiger partial charge on any atom is 0.259 e. The second-order valence-electron chi connectivity index (χ2n) is 17.5. The van der Waals surface area contributed by atoms with Gasteiger partial charge in [0.2, 0.25) is 27.7 Å². The van der Waals surface area contributed by atoms with E-state index in [0.29, 0.717) is 48.1 Å². The summed E-state index contributed by atoms with van der Waals surface area (Å²) in [5.74, 6) is -3.74. The molecule has 0 bridgehead atoms. The fourth-order valence-corrected chi connectivity index (χ4v) is 9.79. The van der Waals surface area contributed by atoms with Crippen LogP contribution >= 0.6 is 0 Å². The molecule has 308 valence electrons. The predicted molar refractivity (Wildman–Crippen MR) is 220 cm³/mol. The molecule has 13 nitrogen and oxygen atoms in total. The first kappa shape index (κ1) is 41.1. The van der Waals surface area contributed by atoms with Gasteiger partial charge in [0.1, 0.15) is 11.6 Å². The number of amides is 5. The van der Waals surface area contributed by atoms with Gasteiger partial charge in [-0.25, -0.2) is 13.4 Å². The molecule has 3 aromatic rings. The number of benzene rings is 2. The number of nitrogens with one attached hydrogen (secondary N) is 3. The lowest BCUT2D eigenvalue weighted by Gasteiger charge is -2.36. The van der Waals surface area contributed by atoms with E-state index in [2.05, 4.69) is 21.9 Å². The van der Waals surface area contributed by atoms with Crippen LogP contribution < -0.4 is 15.4 Å². The monoisotopic (exact) mass is 810 g/mol. The fourth-order valence-electron chi connectivity index (χ4n) is 8.42. The highest BCUT2D eigenvalue weighted by Crippen LogP contribution is 2.46. The van der Waals surface area contributed by atoms with Crippen LogP contribution in [0, 0.1) is 17.3 Å². The predicted octanol–water partition coefficient (Wildman–Crippen LogP) is 4.73. The first-order valence-electron chi connectivity index (χ1n) is 20.5. The molecule has 5 atom stereocenters. The Morgan fingerprint density at radius 3 is 2.28 bits per heavy atom. The number of carbonyl (C=O) groups excluding carboxylic acids is 5. The summed E-state index contributed by atoms with van der Waals surface area (Å²) in [4.78, 5) is 79.1. The molecule has 2 aliphatic heterocycles. The van der Waals surface area contributed by atoms with Crippen LogP contribution in [-0.2, 0) is 29.2 Å². The minimum atomic E-state index is -3.91. The van der Waals surface area contributed by atoms with Crippen LogP contribution in [0.25, 0.3) is 22.2 Å². The minimum Gasteiger partial charge on any atom is -0.347 e. The molecule has 0 radical (unpaired) electrons. The summed E-state index contributed by atoms with van der Waals surface area (Å²) in [6, 6.07) is 16.8. The molecule has 0 unspecified atom stereocenters. The molecule has 3 N–H and O–H groups in total. The zero-order valence-corrected chi connectivity index (χ0v) is 34.4. The van der Waals surface area contributed by atoms with Gasteiger partial charge in [0.15, 0.2) is 0 Å². The van der Waals surface area contributed by atoms with E-state index >= 15 is 0 Å². The Morgan fingerprint density at radius 2 is 1.64 bits per heavy atom. The van der Waals surface area contributed by atoms with Crippen molar-refractivity contribution in [3.63, 3.8) is 0 Å². The van der Waals surface area contributed by atoms with Gasteiger partial charge in [-0.05, 0) is 56.1 Å². The number of pyridine rings is 1. The van der Waals surface area contributed by atoms with Crippen molar-refractivity contribution < 1.29 is 32.4 Å². The number of fused-ring (bicyclic) bond motifs is 1. The van der Waals surface area contributed by atoms with Crippen molar-refractivity contribution in [2.45, 2.75) is 101 Å². The van der Waals surface area contributed by atoms with Gasteiger partial charge in [-0.1, -0.05) is 88.2 Å². The Kier molecular flexibility index (Phi) is 11.5. The highest BCUT2D eigenvalue weighted by Gasteiger charge is 2.62. The number of sulfonamides is 1. The zero-order valence-electron chi connectivity index (χ0n) is 33.5. The lowest BCUT2D eigenvalue weighted by Crippen LogP contribution is -2.57. The highest BCUT2D eigenvalue weighted by molar-refractivity contribution is 7.91. The highest BCUT2D eigenvalue weighted by atomic mass is 32.2. The summed E-state index contributed by atoms with van der Waals surface area (Å²) in [6.07, 6.45) is 6.44. The van der Waals surface area contributed by atoms with Gasteiger partial charge in [0.05, 0.1) is 27.9 Å². The van der Waals surface area contributed by atoms with E-state index in [1.807, 2.05) is 80.3 Å². The van der Waals surface area contributed by atoms with Crippen LogP contribution in [0.5, 0.6) is 0 Å². The van der Waals surface area contributed by atoms with Gasteiger partial charge in [0, 0.05) is 49.0 Å². The lowest BCUT2D eigenvalue weighted by molar-refractivity contribution is -0.148. The zero-order chi connectivity index (χ0) is 41.4. The molecule has 14 heteroatoms. The maximum absolute atomic E-state index is 14.9. The van der Waals surface area contributed by atoms with Gasteiger partial charge in [-0.2, -0.15) is 0 Å². The van der Waals surface area contributed by atoms with E-state index in [1.165, 1.54) is 11.0 Å². The third kappa shape index (κ3) is 8.67. The SMILES string of the molecule is C=C[C@@H]1C[C@]1(NC(=O)[C@@H]1C[C@@H](NC(=O)c2cc(-c3ccccc3)nc3ccccc23)CN1C(=O)[C@@H](CC(=O)N1CCCCCC1)C(C)(C)C)C(=O)NS(=O)(=O)C1CC1. The topological polar surface area (TPSA) is 175 Å². The summed E-state index contributed by atoms with van der Waals surface area (Å²) in [5.41, 5.74) is 0.219. The summed E-state index contributed by atoms with van der Waals surface area (Å²) < 4.78 is 27.8. The summed E-state index contributed by atoms with van der Waals surface area (Å²) >= 11 is 0. The van der Waals surface area contributed by atoms with E-state index in [1.54, 1.807) is 6.07 Å². The summed E-state index contributed by atoms with van der Waals surface area (Å²) in [7, 11) is -3.91. The van der Waals surface area contributed by atoms with Gasteiger partial charge in [0.25, 0.3) is 11.8 Å². The van der Waals surface area contributed by atoms with Crippen LogP contribution in [0.3, 0.4) is 0 Å². The number of nitrogens with zero attached hydrogens (tertiary/aromatic N) is 3. The Bertz CT molecular complexity index is 2210. The molecule has 3 heterocycles. The molecular formula is C44H54N6O7S. The number of aromatic nitrogens is 1. The molecule has 58 heavy (non-hydrogen) atoms. The Labute approximate surface area is 340 Å². The van der Waals surface area contributed by atoms with Crippen LogP contribution in [0.2, 0.25) is 0 Å². The average molecular weight is 811 g/mol. The third-order valence-electron chi connectivity index (χ3n) is 12.2. The number of hydrogen-bond acceptors (Lipinski definition) is 8. The summed E-state index contributed by atoms with van der Waals surface area (Å²) in [5, 5.41) is 5.92. The quantitative estimate of drug-likeness (QED) is 0.220. The number of likely N-dealkylation sites (tertiary alicyclic amines) is 2. The van der Waals surface area contributed by atoms with Crippen molar-refractivity contribution in [2.24, 2.45) is 17.3 Å². The van der Waals surface area contributed by atoms with Gasteiger partial charge in [-0.3, -0.25) is 28.7 Å². The van der Waals surface area contributed by atoms with E-state index in [-0.39, 0.29) is 31.7 Å². The largest absolute Gasteiger partial charge is 0.347 e. The van der Waals surface area contributed by atoms with Crippen LogP contribution in [0.1, 0.15) is 88.9 Å². The van der Waals surface area contributed by atoms with Crippen LogP contribution in [0.4, 0.5) is 0 Å². The molecule has 7 rings (SSSR count). The fraction of sp³-hybridized carbons (Fsp3) is 0.500. The molecule has 4 aliphatic rings. The first-order valence-corrected chi connectivity index (χ1v) is 22.0. The molecule has 2 aromatic carbocycles. The first-order chi connectivity index (χ1) is 27.6. The van der Waals surface area contributed by atoms with Crippen molar-refractivity contribution in [1.29, 1.82) is 0 Å². The van der Waals surface area contributed by atoms with Crippen molar-refractivity contribution >= 4 is 50.5 Å². The lowest BCUT2D eigenvalue weighted by atomic mass is 9.77. The van der Waals surface area contributed by atoms with Crippen molar-refractivity contribution in [3.8, 4) is 11.3 Å². The van der Waals surface area contributed by atoms with Gasteiger partial charge in [-0.15, -0.1) is 6.58 Å². The van der Waals surface area contributed by atoms with E-state index < -0.39 is 73.8 Å². The molecule has 0 spiro atoms. The standard InChI is InChI=1S/C44H54N6O7S/c1-5-29-26-44(29,42(55)48-58(56,57)31-19-20-31)47-40(53)37-23-30(27-50(37)41(54)34(43(2,3)4)25-38(51)49-21-13-6-7-14-22-49)45-39(52)33-24-36(28-15-9-8-10-16-28)46-35-18-12-11-17-32(33)35/h5,8-12,15-18,24,29-31,34,37H,1,6-7,13-14,19-23,25-27H2,2-4H3,(H,45,52)(H,47,53)(H,48,55)/t29-,30-,34-,37+,44-/m1/s1. The molecule has 1 aromatic heterocycles. The second-order valence-corrected chi connectivity index (χ2v) is 19.4. The van der Waals surface area contributed by atoms with E-state index in [4.69, 9.17) is 4.98 Å². The number of hydrogen-bond donors (Lipinski definition) is 3. The van der Waals surface area contributed by atoms with Gasteiger partial charge < -0.3 is 20.4 Å². The van der Waals surface area contributed by atoms with Gasteiger partial charge >= 0.3 is 0 Å². The van der Waals surface area contributed by atoms with E-state index in [0.717, 1.165) is 31.2 Å². The summed E-state index contributed by atoms with van der Waals surface area (Å²) in [6.45, 7) is 10.7. The number of carbonyl (C=O) groups is 5. The third-order valence-corrected chi connectivity index (χ3v) is 14.0. The second kappa shape index (κ2) is 16.3. The molecule has 2 saturated heterocycles. The average Bonchev–Trinajstić information content (AvgIpc) is 4.13. The normalized spacial score (nSPS) is 24.0. The Morgan fingerprint density at radius 1 is 0.966 bits per heavy atom. The minimum absolute atomic E-state index is 0.0195. The molecule has 2 saturated carbocycles. The Hall–Kier alpha value is -5.11. The van der Waals surface area contributed by atoms with Crippen molar-refractivity contribution in [1.82, 2.24) is 30.1 Å². The molecular weight excluding hydrogens is 757 g/mol. The molecule has 4 fully saturated rings. The Balaban J connectivity index is 1.18. The number of rotatable bonds is 12. The molecule has 5 amide bonds. The van der Waals surface area contributed by atoms with Crippen LogP contribution in [-0.4, -0.2) is 95.2 Å². The number of para-hydroxylation sites is 1.